The highest BCUT2D eigenvalue weighted by molar-refractivity contribution is 5.85. The zero-order valence-corrected chi connectivity index (χ0v) is 17.6. The van der Waals surface area contributed by atoms with Gasteiger partial charge in [0.1, 0.15) is 0 Å². The van der Waals surface area contributed by atoms with E-state index in [2.05, 4.69) is 5.32 Å². The van der Waals surface area contributed by atoms with Crippen LogP contribution in [0.1, 0.15) is 49.7 Å². The second-order valence-corrected chi connectivity index (χ2v) is 8.00. The number of amides is 1. The molecule has 0 bridgehead atoms. The van der Waals surface area contributed by atoms with Crippen LogP contribution in [0, 0.1) is 16.0 Å². The van der Waals surface area contributed by atoms with Crippen LogP contribution in [0.3, 0.4) is 0 Å². The molecule has 10 heteroatoms. The summed E-state index contributed by atoms with van der Waals surface area (Å²) >= 11 is 0. The highest BCUT2D eigenvalue weighted by Crippen LogP contribution is 2.35. The summed E-state index contributed by atoms with van der Waals surface area (Å²) in [5.74, 6) is 0.0329. The van der Waals surface area contributed by atoms with Crippen molar-refractivity contribution in [3.63, 3.8) is 0 Å². The summed E-state index contributed by atoms with van der Waals surface area (Å²) < 4.78 is 38.7. The van der Waals surface area contributed by atoms with Crippen LogP contribution in [-0.4, -0.2) is 41.4 Å². The van der Waals surface area contributed by atoms with Crippen molar-refractivity contribution in [3.05, 3.63) is 39.4 Å². The van der Waals surface area contributed by atoms with E-state index in [0.717, 1.165) is 57.2 Å². The van der Waals surface area contributed by atoms with Gasteiger partial charge >= 0.3 is 6.18 Å². The lowest BCUT2D eigenvalue weighted by Crippen LogP contribution is -2.50. The third-order valence-electron chi connectivity index (χ3n) is 6.24. The molecule has 1 aromatic carbocycles. The lowest BCUT2D eigenvalue weighted by molar-refractivity contribution is -0.385. The van der Waals surface area contributed by atoms with Gasteiger partial charge in [0.15, 0.2) is 0 Å². The van der Waals surface area contributed by atoms with Gasteiger partial charge in [0, 0.05) is 30.8 Å². The first kappa shape index (κ1) is 24.4. The Labute approximate surface area is 179 Å². The number of nitrogens with one attached hydrogen (secondary N) is 1. The normalized spacial score (nSPS) is 24.2. The van der Waals surface area contributed by atoms with Gasteiger partial charge in [-0.1, -0.05) is 18.9 Å². The zero-order valence-electron chi connectivity index (χ0n) is 16.8. The predicted molar refractivity (Wildman–Crippen MR) is 109 cm³/mol. The Balaban J connectivity index is 0.00000320. The number of alkyl halides is 3. The third kappa shape index (κ3) is 5.43. The first-order chi connectivity index (χ1) is 13.7. The molecule has 2 aliphatic rings. The number of carbonyl (C=O) groups excluding carboxylic acids is 1. The number of halogens is 4. The number of nitrogens with zero attached hydrogens (tertiary/aromatic N) is 2. The van der Waals surface area contributed by atoms with Gasteiger partial charge in [-0.3, -0.25) is 14.9 Å². The molecule has 1 saturated heterocycles. The molecular weight excluding hydrogens is 423 g/mol. The molecule has 3 atom stereocenters. The first-order valence-electron chi connectivity index (χ1n) is 10.0. The molecule has 1 saturated carbocycles. The molecule has 168 valence electrons. The number of carbonyl (C=O) groups is 1. The largest absolute Gasteiger partial charge is 0.416 e. The fourth-order valence-electron chi connectivity index (χ4n) is 4.70. The van der Waals surface area contributed by atoms with Gasteiger partial charge in [-0.05, 0) is 44.2 Å². The van der Waals surface area contributed by atoms with E-state index in [9.17, 15) is 28.1 Å². The van der Waals surface area contributed by atoms with E-state index in [0.29, 0.717) is 18.0 Å². The fourth-order valence-corrected chi connectivity index (χ4v) is 4.70. The second-order valence-electron chi connectivity index (χ2n) is 8.00. The van der Waals surface area contributed by atoms with Crippen LogP contribution in [0.4, 0.5) is 18.9 Å². The number of rotatable bonds is 5. The summed E-state index contributed by atoms with van der Waals surface area (Å²) in [5.41, 5.74) is -1.75. The van der Waals surface area contributed by atoms with Gasteiger partial charge in [-0.25, -0.2) is 0 Å². The van der Waals surface area contributed by atoms with Crippen molar-refractivity contribution in [2.24, 2.45) is 5.92 Å². The summed E-state index contributed by atoms with van der Waals surface area (Å²) in [7, 11) is 1.70. The minimum Gasteiger partial charge on any atom is -0.342 e. The van der Waals surface area contributed by atoms with Crippen molar-refractivity contribution in [2.75, 3.05) is 13.6 Å². The van der Waals surface area contributed by atoms with E-state index < -0.39 is 22.4 Å². The van der Waals surface area contributed by atoms with Gasteiger partial charge in [0.2, 0.25) is 5.91 Å². The summed E-state index contributed by atoms with van der Waals surface area (Å²) in [6, 6.07) is 2.76. The Morgan fingerprint density at radius 1 is 1.23 bits per heavy atom. The molecule has 1 aliphatic carbocycles. The molecule has 30 heavy (non-hydrogen) atoms. The highest BCUT2D eigenvalue weighted by Gasteiger charge is 2.37. The van der Waals surface area contributed by atoms with Crippen molar-refractivity contribution in [3.8, 4) is 0 Å². The first-order valence-corrected chi connectivity index (χ1v) is 10.0. The zero-order chi connectivity index (χ0) is 21.2. The molecule has 1 aromatic rings. The summed E-state index contributed by atoms with van der Waals surface area (Å²) in [6.45, 7) is 0.975. The lowest BCUT2D eigenvalue weighted by atomic mass is 9.78. The van der Waals surface area contributed by atoms with E-state index >= 15 is 0 Å². The van der Waals surface area contributed by atoms with Crippen LogP contribution in [0.15, 0.2) is 18.2 Å². The summed E-state index contributed by atoms with van der Waals surface area (Å²) in [4.78, 5) is 25.0. The predicted octanol–water partition coefficient (Wildman–Crippen LogP) is 4.35. The van der Waals surface area contributed by atoms with Gasteiger partial charge < -0.3 is 10.2 Å². The maximum absolute atomic E-state index is 12.9. The molecule has 1 N–H and O–H groups in total. The SMILES string of the molecule is CN(C(=O)Cc1ccc(C(F)(F)F)cc1[N+](=O)[O-])C1CCCCC1C1CCCN1.Cl. The quantitative estimate of drug-likeness (QED) is 0.535. The summed E-state index contributed by atoms with van der Waals surface area (Å²) in [5, 5.41) is 14.8. The Kier molecular flexibility index (Phi) is 8.10. The molecule has 2 fully saturated rings. The molecule has 0 radical (unpaired) electrons. The fraction of sp³-hybridized carbons (Fsp3) is 0.650. The van der Waals surface area contributed by atoms with E-state index in [1.165, 1.54) is 0 Å². The van der Waals surface area contributed by atoms with Crippen molar-refractivity contribution in [2.45, 2.75) is 63.2 Å². The molecule has 3 rings (SSSR count). The summed E-state index contributed by atoms with van der Waals surface area (Å²) in [6.07, 6.45) is 1.27. The molecule has 0 aromatic heterocycles. The number of hydrogen-bond donors (Lipinski definition) is 1. The Morgan fingerprint density at radius 2 is 1.93 bits per heavy atom. The Morgan fingerprint density at radius 3 is 2.53 bits per heavy atom. The van der Waals surface area contributed by atoms with E-state index in [1.54, 1.807) is 11.9 Å². The molecule has 1 amide bonds. The maximum atomic E-state index is 12.9. The molecule has 6 nitrogen and oxygen atoms in total. The monoisotopic (exact) mass is 449 g/mol. The molecule has 0 spiro atoms. The van der Waals surface area contributed by atoms with Gasteiger partial charge in [0.25, 0.3) is 5.69 Å². The van der Waals surface area contributed by atoms with Crippen molar-refractivity contribution in [1.82, 2.24) is 10.2 Å². The van der Waals surface area contributed by atoms with E-state index in [1.807, 2.05) is 0 Å². The average molecular weight is 450 g/mol. The number of likely N-dealkylation sites (N-methyl/N-ethyl adjacent to an activating group) is 1. The highest BCUT2D eigenvalue weighted by atomic mass is 35.5. The smallest absolute Gasteiger partial charge is 0.342 e. The minimum atomic E-state index is -4.67. The van der Waals surface area contributed by atoms with Gasteiger partial charge in [-0.2, -0.15) is 13.2 Å². The van der Waals surface area contributed by atoms with Crippen LogP contribution >= 0.6 is 12.4 Å². The van der Waals surface area contributed by atoms with E-state index in [4.69, 9.17) is 0 Å². The number of hydrogen-bond acceptors (Lipinski definition) is 4. The Bertz CT molecular complexity index is 769. The van der Waals surface area contributed by atoms with Crippen molar-refractivity contribution >= 4 is 24.0 Å². The standard InChI is InChI=1S/C20H26F3N3O3.ClH/c1-25(17-7-3-2-5-15(17)16-6-4-10-24-16)19(27)11-13-8-9-14(20(21,22)23)12-18(13)26(28)29;/h8-9,12,15-17,24H,2-7,10-11H2,1H3;1H. The number of nitro benzene ring substituents is 1. The van der Waals surface area contributed by atoms with Crippen molar-refractivity contribution < 1.29 is 22.9 Å². The van der Waals surface area contributed by atoms with Crippen LogP contribution in [0.2, 0.25) is 0 Å². The molecule has 3 unspecified atom stereocenters. The third-order valence-corrected chi connectivity index (χ3v) is 6.24. The van der Waals surface area contributed by atoms with Crippen molar-refractivity contribution in [1.29, 1.82) is 0 Å². The van der Waals surface area contributed by atoms with E-state index in [-0.39, 0.29) is 36.3 Å². The van der Waals surface area contributed by atoms with Crippen LogP contribution < -0.4 is 5.32 Å². The average Bonchev–Trinajstić information content (AvgIpc) is 3.21. The van der Waals surface area contributed by atoms with Gasteiger partial charge in [0.05, 0.1) is 16.9 Å². The van der Waals surface area contributed by atoms with Crippen LogP contribution in [0.25, 0.3) is 0 Å². The molecular formula is C20H27ClF3N3O3. The maximum Gasteiger partial charge on any atom is 0.416 e. The lowest BCUT2D eigenvalue weighted by Gasteiger charge is -2.41. The molecule has 1 aliphatic heterocycles. The number of benzene rings is 1. The number of nitro groups is 1. The minimum absolute atomic E-state index is 0. The van der Waals surface area contributed by atoms with Gasteiger partial charge in [-0.15, -0.1) is 12.4 Å². The second kappa shape index (κ2) is 9.96. The Hall–Kier alpha value is -1.87. The van der Waals surface area contributed by atoms with Crippen LogP contribution in [0.5, 0.6) is 0 Å². The van der Waals surface area contributed by atoms with Crippen LogP contribution in [-0.2, 0) is 17.4 Å². The molecule has 1 heterocycles. The topological polar surface area (TPSA) is 75.5 Å².